The van der Waals surface area contributed by atoms with Gasteiger partial charge in [0.25, 0.3) is 0 Å². The maximum atomic E-state index is 15.3. The van der Waals surface area contributed by atoms with Crippen LogP contribution in [0.4, 0.5) is 14.9 Å². The Morgan fingerprint density at radius 1 is 1.32 bits per heavy atom. The highest BCUT2D eigenvalue weighted by Crippen LogP contribution is 2.40. The highest BCUT2D eigenvalue weighted by atomic mass is 19.1. The number of fused-ring (bicyclic) bond motifs is 1. The van der Waals surface area contributed by atoms with Gasteiger partial charge >= 0.3 is 12.1 Å². The number of H-pyrrole nitrogens is 1. The molecule has 1 aliphatic rings. The number of halogens is 1. The second-order valence-corrected chi connectivity index (χ2v) is 10.3. The van der Waals surface area contributed by atoms with E-state index < -0.39 is 23.5 Å². The largest absolute Gasteiger partial charge is 0.478 e. The molecule has 0 radical (unpaired) electrons. The zero-order valence-corrected chi connectivity index (χ0v) is 19.3. The van der Waals surface area contributed by atoms with Gasteiger partial charge in [0.1, 0.15) is 11.4 Å². The number of alkyl carbamates (subject to hydrolysis) is 1. The fourth-order valence-electron chi connectivity index (χ4n) is 4.47. The Balaban J connectivity index is 2.03. The number of carboxylic acid groups (broad SMARTS) is 1. The lowest BCUT2D eigenvalue weighted by Gasteiger charge is -2.44. The number of rotatable bonds is 3. The summed E-state index contributed by atoms with van der Waals surface area (Å²) in [7, 11) is 0. The van der Waals surface area contributed by atoms with Crippen LogP contribution in [0.1, 0.15) is 62.7 Å². The maximum Gasteiger partial charge on any atom is 0.407 e. The molecule has 2 heterocycles. The summed E-state index contributed by atoms with van der Waals surface area (Å²) in [6.45, 7) is 14.2. The average molecular weight is 434 g/mol. The van der Waals surface area contributed by atoms with Crippen LogP contribution in [0.3, 0.4) is 0 Å². The molecular formula is C23H32FN3O4. The fraction of sp³-hybridized carbons (Fsp3) is 0.565. The number of hydrogen-bond donors (Lipinski definition) is 3. The zero-order chi connectivity index (χ0) is 23.3. The Morgan fingerprint density at radius 2 is 1.97 bits per heavy atom. The number of benzene rings is 1. The molecule has 3 N–H and O–H groups in total. The van der Waals surface area contributed by atoms with E-state index in [-0.39, 0.29) is 17.0 Å². The summed E-state index contributed by atoms with van der Waals surface area (Å²) in [6, 6.07) is 0.834. The van der Waals surface area contributed by atoms with Gasteiger partial charge in [0, 0.05) is 24.2 Å². The van der Waals surface area contributed by atoms with Crippen LogP contribution in [0.5, 0.6) is 0 Å². The van der Waals surface area contributed by atoms with Gasteiger partial charge in [-0.1, -0.05) is 13.8 Å². The molecule has 2 aromatic rings. The highest BCUT2D eigenvalue weighted by Gasteiger charge is 2.36. The van der Waals surface area contributed by atoms with E-state index in [9.17, 15) is 14.7 Å². The fourth-order valence-corrected chi connectivity index (χ4v) is 4.47. The SMILES string of the molecule is Cc1[nH]c2c(C(=O)O)cc(F)c(N3C[C@@H](NC(=O)OC(C)(C)C)CC(C)(C)C3)c2c1C. The van der Waals surface area contributed by atoms with Gasteiger partial charge in [0.2, 0.25) is 0 Å². The minimum atomic E-state index is -1.18. The van der Waals surface area contributed by atoms with Crippen molar-refractivity contribution < 1.29 is 23.8 Å². The molecule has 1 aromatic carbocycles. The third-order valence-corrected chi connectivity index (χ3v) is 5.63. The van der Waals surface area contributed by atoms with Crippen molar-refractivity contribution in [3.05, 3.63) is 28.7 Å². The molecule has 0 bridgehead atoms. The number of piperidine rings is 1. The first-order valence-electron chi connectivity index (χ1n) is 10.5. The van der Waals surface area contributed by atoms with Gasteiger partial charge in [-0.3, -0.25) is 0 Å². The van der Waals surface area contributed by atoms with Crippen LogP contribution in [0.25, 0.3) is 10.9 Å². The molecule has 1 amide bonds. The standard InChI is InChI=1S/C23H32FN3O4/c1-12-13(2)25-18-15(20(28)29)8-16(24)19(17(12)18)27-10-14(9-23(6,7)11-27)26-21(30)31-22(3,4)5/h8,14,25H,9-11H2,1-7H3,(H,26,30)(H,28,29)/t14-/m0/s1. The van der Waals surface area contributed by atoms with Gasteiger partial charge in [-0.25, -0.2) is 14.0 Å². The number of amides is 1. The topological polar surface area (TPSA) is 94.7 Å². The van der Waals surface area contributed by atoms with Crippen molar-refractivity contribution in [2.24, 2.45) is 5.41 Å². The van der Waals surface area contributed by atoms with Crippen molar-refractivity contribution in [1.29, 1.82) is 0 Å². The maximum absolute atomic E-state index is 15.3. The first kappa shape index (κ1) is 22.9. The minimum absolute atomic E-state index is 0.0906. The number of nitrogens with one attached hydrogen (secondary N) is 2. The van der Waals surface area contributed by atoms with Crippen LogP contribution in [0, 0.1) is 25.1 Å². The third kappa shape index (κ3) is 4.78. The summed E-state index contributed by atoms with van der Waals surface area (Å²) in [6.07, 6.45) is 0.210. The second kappa shape index (κ2) is 7.73. The predicted octanol–water partition coefficient (Wildman–Crippen LogP) is 4.75. The smallest absolute Gasteiger partial charge is 0.407 e. The van der Waals surface area contributed by atoms with E-state index in [1.807, 2.05) is 18.7 Å². The van der Waals surface area contributed by atoms with Gasteiger partial charge in [-0.2, -0.15) is 0 Å². The van der Waals surface area contributed by atoms with Crippen LogP contribution >= 0.6 is 0 Å². The van der Waals surface area contributed by atoms with Crippen molar-refractivity contribution in [3.8, 4) is 0 Å². The van der Waals surface area contributed by atoms with E-state index >= 15 is 4.39 Å². The van der Waals surface area contributed by atoms with Crippen molar-refractivity contribution in [1.82, 2.24) is 10.3 Å². The van der Waals surface area contributed by atoms with Crippen LogP contribution in [0.15, 0.2) is 6.07 Å². The quantitative estimate of drug-likeness (QED) is 0.649. The van der Waals surface area contributed by atoms with Crippen LogP contribution in [-0.2, 0) is 4.74 Å². The van der Waals surface area contributed by atoms with Gasteiger partial charge in [0.05, 0.1) is 22.8 Å². The molecule has 1 atom stereocenters. The first-order chi connectivity index (χ1) is 14.2. The Kier molecular flexibility index (Phi) is 5.71. The van der Waals surface area contributed by atoms with Gasteiger partial charge in [0.15, 0.2) is 0 Å². The van der Waals surface area contributed by atoms with E-state index in [2.05, 4.69) is 24.1 Å². The third-order valence-electron chi connectivity index (χ3n) is 5.63. The number of carbonyl (C=O) groups excluding carboxylic acids is 1. The lowest BCUT2D eigenvalue weighted by atomic mass is 9.81. The van der Waals surface area contributed by atoms with Gasteiger partial charge < -0.3 is 25.0 Å². The Bertz CT molecular complexity index is 1040. The molecule has 0 aliphatic carbocycles. The number of aromatic nitrogens is 1. The number of carbonyl (C=O) groups is 2. The van der Waals surface area contributed by atoms with Crippen LogP contribution in [-0.4, -0.2) is 46.9 Å². The van der Waals surface area contributed by atoms with Crippen molar-refractivity contribution in [2.45, 2.75) is 66.5 Å². The summed E-state index contributed by atoms with van der Waals surface area (Å²) >= 11 is 0. The average Bonchev–Trinajstić information content (AvgIpc) is 2.86. The first-order valence-corrected chi connectivity index (χ1v) is 10.5. The Hall–Kier alpha value is -2.77. The number of ether oxygens (including phenoxy) is 1. The second-order valence-electron chi connectivity index (χ2n) is 10.3. The molecule has 1 aliphatic heterocycles. The number of aromatic carboxylic acids is 1. The van der Waals surface area contributed by atoms with E-state index in [4.69, 9.17) is 4.74 Å². The molecule has 1 aromatic heterocycles. The summed E-state index contributed by atoms with van der Waals surface area (Å²) in [5.41, 5.74) is 1.48. The number of hydrogen-bond acceptors (Lipinski definition) is 4. The summed E-state index contributed by atoms with van der Waals surface area (Å²) < 4.78 is 20.7. The van der Waals surface area contributed by atoms with Crippen molar-refractivity contribution in [2.75, 3.05) is 18.0 Å². The van der Waals surface area contributed by atoms with E-state index in [1.165, 1.54) is 0 Å². The molecule has 31 heavy (non-hydrogen) atoms. The van der Waals surface area contributed by atoms with Gasteiger partial charge in [-0.05, 0) is 58.1 Å². The lowest BCUT2D eigenvalue weighted by molar-refractivity contribution is 0.0484. The molecular weight excluding hydrogens is 401 g/mol. The van der Waals surface area contributed by atoms with E-state index in [0.717, 1.165) is 17.3 Å². The normalized spacial score (nSPS) is 18.8. The van der Waals surface area contributed by atoms with Crippen LogP contribution in [0.2, 0.25) is 0 Å². The molecule has 0 spiro atoms. The predicted molar refractivity (Wildman–Crippen MR) is 118 cm³/mol. The molecule has 0 unspecified atom stereocenters. The number of aryl methyl sites for hydroxylation is 2. The molecule has 3 rings (SSSR count). The number of aromatic amines is 1. The highest BCUT2D eigenvalue weighted by molar-refractivity contribution is 6.08. The van der Waals surface area contributed by atoms with E-state index in [1.54, 1.807) is 20.8 Å². The van der Waals surface area contributed by atoms with Crippen molar-refractivity contribution >= 4 is 28.7 Å². The monoisotopic (exact) mass is 433 g/mol. The summed E-state index contributed by atoms with van der Waals surface area (Å²) in [4.78, 5) is 29.1. The minimum Gasteiger partial charge on any atom is -0.478 e. The Morgan fingerprint density at radius 3 is 2.55 bits per heavy atom. The number of nitrogens with zero attached hydrogens (tertiary/aromatic N) is 1. The number of anilines is 1. The lowest BCUT2D eigenvalue weighted by Crippen LogP contribution is -2.54. The van der Waals surface area contributed by atoms with E-state index in [0.29, 0.717) is 36.1 Å². The molecule has 1 saturated heterocycles. The van der Waals surface area contributed by atoms with Crippen molar-refractivity contribution in [3.63, 3.8) is 0 Å². The molecule has 1 fully saturated rings. The molecule has 8 heteroatoms. The zero-order valence-electron chi connectivity index (χ0n) is 19.3. The Labute approximate surface area is 181 Å². The molecule has 0 saturated carbocycles. The molecule has 7 nitrogen and oxygen atoms in total. The molecule has 170 valence electrons. The number of carboxylic acids is 1. The summed E-state index contributed by atoms with van der Waals surface area (Å²) in [5.74, 6) is -1.76. The van der Waals surface area contributed by atoms with Gasteiger partial charge in [-0.15, -0.1) is 0 Å². The summed E-state index contributed by atoms with van der Waals surface area (Å²) in [5, 5.41) is 13.1. The van der Waals surface area contributed by atoms with Crippen LogP contribution < -0.4 is 10.2 Å².